The molecule has 5 heteroatoms. The molecule has 2 saturated carbocycles. The van der Waals surface area contributed by atoms with E-state index in [9.17, 15) is 24.9 Å². The fourth-order valence-corrected chi connectivity index (χ4v) is 7.80. The van der Waals surface area contributed by atoms with Gasteiger partial charge in [-0.3, -0.25) is 4.79 Å². The molecule has 0 unspecified atom stereocenters. The number of carboxylic acids is 1. The van der Waals surface area contributed by atoms with Gasteiger partial charge in [0.05, 0.1) is 0 Å². The van der Waals surface area contributed by atoms with Gasteiger partial charge in [-0.2, -0.15) is 0 Å². The number of phenolic OH excluding ortho intramolecular Hbond substituents is 2. The summed E-state index contributed by atoms with van der Waals surface area (Å²) in [5, 5.41) is 29.0. The Morgan fingerprint density at radius 3 is 2.50 bits per heavy atom. The maximum Gasteiger partial charge on any atom is 0.331 e. The summed E-state index contributed by atoms with van der Waals surface area (Å²) in [5.41, 5.74) is 2.16. The van der Waals surface area contributed by atoms with Crippen LogP contribution < -0.4 is 0 Å². The van der Waals surface area contributed by atoms with Gasteiger partial charge in [-0.05, 0) is 103 Å². The van der Waals surface area contributed by atoms with Crippen LogP contribution in [-0.2, 0) is 4.79 Å². The van der Waals surface area contributed by atoms with Crippen LogP contribution in [0.5, 0.6) is 11.5 Å². The minimum absolute atomic E-state index is 0.0219. The Morgan fingerprint density at radius 1 is 1.00 bits per heavy atom. The number of Topliss-reactive ketones (excluding diaryl/α,β-unsaturated/α-hetero) is 1. The molecule has 5 nitrogen and oxygen atoms in total. The Kier molecular flexibility index (Phi) is 4.81. The fourth-order valence-electron chi connectivity index (χ4n) is 7.80. The molecule has 6 atom stereocenters. The Labute approximate surface area is 188 Å². The number of rotatable bonds is 3. The number of fused-ring (bicyclic) bond motifs is 5. The number of ketones is 1. The Bertz CT molecular complexity index is 1050. The van der Waals surface area contributed by atoms with Crippen LogP contribution in [0.15, 0.2) is 41.5 Å². The van der Waals surface area contributed by atoms with Gasteiger partial charge in [-0.1, -0.05) is 19.9 Å². The van der Waals surface area contributed by atoms with Crippen LogP contribution in [0.1, 0.15) is 69.2 Å². The van der Waals surface area contributed by atoms with E-state index in [1.165, 1.54) is 17.7 Å². The third-order valence-corrected chi connectivity index (χ3v) is 9.62. The molecule has 0 spiro atoms. The third kappa shape index (κ3) is 2.96. The van der Waals surface area contributed by atoms with Crippen molar-refractivity contribution >= 4 is 11.8 Å². The zero-order chi connectivity index (χ0) is 22.8. The van der Waals surface area contributed by atoms with Crippen molar-refractivity contribution in [1.82, 2.24) is 0 Å². The number of aliphatic carboxylic acids is 1. The summed E-state index contributed by atoms with van der Waals surface area (Å²) in [6.07, 6.45) is 10.6. The number of benzene rings is 1. The number of carbonyl (C=O) groups excluding carboxylic acids is 1. The summed E-state index contributed by atoms with van der Waals surface area (Å²) in [6.45, 7) is 4.61. The Morgan fingerprint density at radius 2 is 1.78 bits per heavy atom. The molecule has 170 valence electrons. The maximum atomic E-state index is 13.5. The van der Waals surface area contributed by atoms with Crippen LogP contribution in [0, 0.1) is 34.5 Å². The van der Waals surface area contributed by atoms with Crippen LogP contribution >= 0.6 is 0 Å². The number of carbonyl (C=O) groups is 2. The van der Waals surface area contributed by atoms with Gasteiger partial charge in [0.1, 0.15) is 0 Å². The summed E-state index contributed by atoms with van der Waals surface area (Å²) in [5.74, 6) is 0.275. The zero-order valence-electron chi connectivity index (χ0n) is 18.8. The van der Waals surface area contributed by atoms with E-state index >= 15 is 0 Å². The second-order valence-electron chi connectivity index (χ2n) is 10.9. The van der Waals surface area contributed by atoms with Crippen LogP contribution in [0.4, 0.5) is 0 Å². The predicted octanol–water partition coefficient (Wildman–Crippen LogP) is 5.48. The topological polar surface area (TPSA) is 94.8 Å². The molecule has 0 radical (unpaired) electrons. The lowest BCUT2D eigenvalue weighted by atomic mass is 9.47. The Hall–Kier alpha value is -2.56. The second-order valence-corrected chi connectivity index (χ2v) is 10.9. The highest BCUT2D eigenvalue weighted by molar-refractivity contribution is 5.99. The average Bonchev–Trinajstić information content (AvgIpc) is 3.11. The van der Waals surface area contributed by atoms with Crippen LogP contribution in [0.25, 0.3) is 0 Å². The zero-order valence-corrected chi connectivity index (χ0v) is 18.8. The number of carboxylic acid groups (broad SMARTS) is 1. The van der Waals surface area contributed by atoms with Crippen molar-refractivity contribution in [3.8, 4) is 11.5 Å². The van der Waals surface area contributed by atoms with Gasteiger partial charge in [0.25, 0.3) is 0 Å². The van der Waals surface area contributed by atoms with Gasteiger partial charge in [-0.15, -0.1) is 0 Å². The van der Waals surface area contributed by atoms with Gasteiger partial charge in [0, 0.05) is 17.1 Å². The lowest BCUT2D eigenvalue weighted by molar-refractivity contribution is -0.133. The molecule has 0 saturated heterocycles. The molecule has 0 aromatic heterocycles. The van der Waals surface area contributed by atoms with Crippen LogP contribution in [0.2, 0.25) is 0 Å². The molecular formula is C27H32O5. The quantitative estimate of drug-likeness (QED) is 0.431. The predicted molar refractivity (Wildman–Crippen MR) is 120 cm³/mol. The van der Waals surface area contributed by atoms with Crippen molar-refractivity contribution in [3.63, 3.8) is 0 Å². The van der Waals surface area contributed by atoms with Crippen LogP contribution in [0.3, 0.4) is 0 Å². The first kappa shape index (κ1) is 21.3. The van der Waals surface area contributed by atoms with Crippen molar-refractivity contribution in [2.24, 2.45) is 34.5 Å². The lowest BCUT2D eigenvalue weighted by Crippen LogP contribution is -2.50. The van der Waals surface area contributed by atoms with Gasteiger partial charge < -0.3 is 15.3 Å². The minimum atomic E-state index is -0.802. The van der Waals surface area contributed by atoms with E-state index in [0.717, 1.165) is 38.5 Å². The van der Waals surface area contributed by atoms with Crippen molar-refractivity contribution in [3.05, 3.63) is 47.1 Å². The molecule has 2 fully saturated rings. The van der Waals surface area contributed by atoms with E-state index in [4.69, 9.17) is 0 Å². The fraction of sp³-hybridized carbons (Fsp3) is 0.556. The first-order chi connectivity index (χ1) is 15.1. The van der Waals surface area contributed by atoms with E-state index in [-0.39, 0.29) is 34.0 Å². The van der Waals surface area contributed by atoms with Gasteiger partial charge in [0.2, 0.25) is 0 Å². The van der Waals surface area contributed by atoms with Gasteiger partial charge in [-0.25, -0.2) is 4.79 Å². The highest BCUT2D eigenvalue weighted by atomic mass is 16.4. The standard InChI is InChI=1S/C27H32O5/c1-26-11-9-16(25(31)32)13-17(26)4-5-18-19-6-7-21(27(19,2)12-10-20(18)26)24(30)15-3-8-22(28)23(29)14-15/h3-4,8,13-14,18-21,28-29H,5-7,9-12H2,1-2H3,(H,31,32)/t18-,19-,20-,21+,26-,27-/m0/s1. The SMILES string of the molecule is C[C@]12CC[C@H]3[C@@H](CC=C4C=C(C(=O)O)CC[C@@]43C)[C@@H]1CC[C@@H]2C(=O)c1ccc(O)c(O)c1. The molecule has 0 amide bonds. The molecule has 1 aromatic carbocycles. The minimum Gasteiger partial charge on any atom is -0.504 e. The van der Waals surface area contributed by atoms with Crippen molar-refractivity contribution < 1.29 is 24.9 Å². The number of hydrogen-bond donors (Lipinski definition) is 3. The molecule has 5 rings (SSSR count). The summed E-state index contributed by atoms with van der Waals surface area (Å²) in [7, 11) is 0. The summed E-state index contributed by atoms with van der Waals surface area (Å²) >= 11 is 0. The number of allylic oxidation sites excluding steroid dienone is 3. The number of aromatic hydroxyl groups is 2. The second kappa shape index (κ2) is 7.23. The lowest BCUT2D eigenvalue weighted by Gasteiger charge is -2.57. The normalized spacial score (nSPS) is 38.1. The molecular weight excluding hydrogens is 404 g/mol. The van der Waals surface area contributed by atoms with E-state index < -0.39 is 5.97 Å². The molecule has 0 heterocycles. The monoisotopic (exact) mass is 436 g/mol. The smallest absolute Gasteiger partial charge is 0.331 e. The van der Waals surface area contributed by atoms with Gasteiger partial charge in [0.15, 0.2) is 17.3 Å². The molecule has 0 aliphatic heterocycles. The van der Waals surface area contributed by atoms with E-state index in [2.05, 4.69) is 19.9 Å². The highest BCUT2D eigenvalue weighted by Crippen LogP contribution is 2.66. The van der Waals surface area contributed by atoms with Crippen LogP contribution in [-0.4, -0.2) is 27.1 Å². The Balaban J connectivity index is 1.43. The van der Waals surface area contributed by atoms with Crippen molar-refractivity contribution in [2.45, 2.75) is 58.8 Å². The molecule has 4 aliphatic rings. The molecule has 3 N–H and O–H groups in total. The number of phenols is 2. The first-order valence-corrected chi connectivity index (χ1v) is 11.9. The average molecular weight is 437 g/mol. The summed E-state index contributed by atoms with van der Waals surface area (Å²) in [6, 6.07) is 4.40. The molecule has 0 bridgehead atoms. The van der Waals surface area contributed by atoms with E-state index in [1.54, 1.807) is 6.07 Å². The maximum absolute atomic E-state index is 13.5. The first-order valence-electron chi connectivity index (χ1n) is 11.9. The number of hydrogen-bond acceptors (Lipinski definition) is 4. The summed E-state index contributed by atoms with van der Waals surface area (Å²) < 4.78 is 0. The molecule has 32 heavy (non-hydrogen) atoms. The highest BCUT2D eigenvalue weighted by Gasteiger charge is 2.59. The van der Waals surface area contributed by atoms with Gasteiger partial charge >= 0.3 is 5.97 Å². The third-order valence-electron chi connectivity index (χ3n) is 9.62. The molecule has 4 aliphatic carbocycles. The molecule has 1 aromatic rings. The van der Waals surface area contributed by atoms with Crippen molar-refractivity contribution in [1.29, 1.82) is 0 Å². The summed E-state index contributed by atoms with van der Waals surface area (Å²) in [4.78, 5) is 25.0. The van der Waals surface area contributed by atoms with E-state index in [0.29, 0.717) is 35.3 Å². The largest absolute Gasteiger partial charge is 0.504 e. The van der Waals surface area contributed by atoms with Crippen molar-refractivity contribution in [2.75, 3.05) is 0 Å². The van der Waals surface area contributed by atoms with E-state index in [1.807, 2.05) is 6.08 Å².